The van der Waals surface area contributed by atoms with E-state index in [-0.39, 0.29) is 12.4 Å². The minimum atomic E-state index is -0.413. The number of rotatable bonds is 5. The highest BCUT2D eigenvalue weighted by atomic mass is 32.2. The molecule has 0 aromatic heterocycles. The first kappa shape index (κ1) is 11.5. The van der Waals surface area contributed by atoms with E-state index in [4.69, 9.17) is 5.11 Å². The topological polar surface area (TPSA) is 20.2 Å². The fourth-order valence-electron chi connectivity index (χ4n) is 1.00. The molecule has 0 fully saturated rings. The van der Waals surface area contributed by atoms with Crippen LogP contribution in [-0.2, 0) is 5.75 Å². The largest absolute Gasteiger partial charge is 0.396 e. The van der Waals surface area contributed by atoms with Crippen molar-refractivity contribution in [2.45, 2.75) is 12.2 Å². The molecule has 0 aliphatic heterocycles. The maximum absolute atomic E-state index is 13.0. The molecule has 0 unspecified atom stereocenters. The predicted octanol–water partition coefficient (Wildman–Crippen LogP) is 2.58. The van der Waals surface area contributed by atoms with Crippen LogP contribution in [0, 0.1) is 11.6 Å². The fraction of sp³-hybridized carbons (Fsp3) is 0.400. The van der Waals surface area contributed by atoms with Gasteiger partial charge in [-0.1, -0.05) is 0 Å². The zero-order valence-corrected chi connectivity index (χ0v) is 8.49. The molecule has 0 radical (unpaired) electrons. The van der Waals surface area contributed by atoms with E-state index in [1.54, 1.807) is 0 Å². The highest BCUT2D eigenvalue weighted by Gasteiger charge is 2.03. The zero-order chi connectivity index (χ0) is 10.4. The third-order valence-electron chi connectivity index (χ3n) is 1.71. The molecular weight excluding hydrogens is 206 g/mol. The van der Waals surface area contributed by atoms with Crippen molar-refractivity contribution in [3.63, 3.8) is 0 Å². The van der Waals surface area contributed by atoms with E-state index >= 15 is 0 Å². The van der Waals surface area contributed by atoms with Gasteiger partial charge in [0.2, 0.25) is 0 Å². The van der Waals surface area contributed by atoms with Crippen molar-refractivity contribution in [1.29, 1.82) is 0 Å². The highest BCUT2D eigenvalue weighted by molar-refractivity contribution is 7.98. The molecule has 0 atom stereocenters. The molecule has 1 aromatic rings. The van der Waals surface area contributed by atoms with Gasteiger partial charge >= 0.3 is 0 Å². The van der Waals surface area contributed by atoms with Crippen molar-refractivity contribution in [2.24, 2.45) is 0 Å². The Morgan fingerprint density at radius 3 is 2.79 bits per heavy atom. The third kappa shape index (κ3) is 3.64. The van der Waals surface area contributed by atoms with Crippen LogP contribution in [0.25, 0.3) is 0 Å². The van der Waals surface area contributed by atoms with Crippen LogP contribution in [0.5, 0.6) is 0 Å². The fourth-order valence-corrected chi connectivity index (χ4v) is 1.92. The first-order chi connectivity index (χ1) is 6.74. The van der Waals surface area contributed by atoms with Crippen molar-refractivity contribution in [3.05, 3.63) is 35.4 Å². The lowest BCUT2D eigenvalue weighted by Crippen LogP contribution is -1.91. The summed E-state index contributed by atoms with van der Waals surface area (Å²) in [6.45, 7) is 0.138. The van der Waals surface area contributed by atoms with Gasteiger partial charge < -0.3 is 5.11 Å². The van der Waals surface area contributed by atoms with E-state index in [1.807, 2.05) is 0 Å². The van der Waals surface area contributed by atoms with E-state index in [9.17, 15) is 8.78 Å². The van der Waals surface area contributed by atoms with Gasteiger partial charge in [0, 0.05) is 17.9 Å². The van der Waals surface area contributed by atoms with Crippen LogP contribution in [0.15, 0.2) is 18.2 Å². The summed E-state index contributed by atoms with van der Waals surface area (Å²) in [4.78, 5) is 0. The van der Waals surface area contributed by atoms with E-state index in [0.717, 1.165) is 17.9 Å². The number of aliphatic hydroxyl groups is 1. The highest BCUT2D eigenvalue weighted by Crippen LogP contribution is 2.17. The summed E-state index contributed by atoms with van der Waals surface area (Å²) in [6.07, 6.45) is 0.682. The Balaban J connectivity index is 2.45. The normalized spacial score (nSPS) is 10.5. The number of halogens is 2. The second kappa shape index (κ2) is 5.98. The number of benzene rings is 1. The Kier molecular flexibility index (Phi) is 4.90. The number of aliphatic hydroxyl groups excluding tert-OH is 1. The lowest BCUT2D eigenvalue weighted by atomic mass is 10.2. The van der Waals surface area contributed by atoms with Crippen molar-refractivity contribution in [1.82, 2.24) is 0 Å². The molecule has 0 aliphatic rings. The van der Waals surface area contributed by atoms with E-state index in [2.05, 4.69) is 0 Å². The molecule has 0 saturated heterocycles. The summed E-state index contributed by atoms with van der Waals surface area (Å²) >= 11 is 1.49. The van der Waals surface area contributed by atoms with Gasteiger partial charge in [0.1, 0.15) is 11.6 Å². The standard InChI is InChI=1S/C10H12F2OS/c11-9-2-3-10(12)8(6-9)7-14-5-1-4-13/h2-3,6,13H,1,4-5,7H2. The van der Waals surface area contributed by atoms with Gasteiger partial charge in [0.15, 0.2) is 0 Å². The van der Waals surface area contributed by atoms with Crippen molar-refractivity contribution in [3.8, 4) is 0 Å². The average molecular weight is 218 g/mol. The number of thioether (sulfide) groups is 1. The number of hydrogen-bond donors (Lipinski definition) is 1. The Hall–Kier alpha value is -0.610. The van der Waals surface area contributed by atoms with Gasteiger partial charge in [0.05, 0.1) is 0 Å². The third-order valence-corrected chi connectivity index (χ3v) is 2.80. The maximum atomic E-state index is 13.0. The van der Waals surface area contributed by atoms with Crippen LogP contribution >= 0.6 is 11.8 Å². The Morgan fingerprint density at radius 2 is 2.07 bits per heavy atom. The van der Waals surface area contributed by atoms with E-state index in [0.29, 0.717) is 17.7 Å². The molecule has 0 aliphatic carbocycles. The first-order valence-electron chi connectivity index (χ1n) is 4.36. The second-order valence-corrected chi connectivity index (χ2v) is 3.97. The van der Waals surface area contributed by atoms with Gasteiger partial charge in [-0.15, -0.1) is 0 Å². The quantitative estimate of drug-likeness (QED) is 0.766. The Labute approximate surface area is 86.1 Å². The molecule has 0 spiro atoms. The summed E-state index contributed by atoms with van der Waals surface area (Å²) in [5, 5.41) is 8.51. The molecule has 0 heterocycles. The molecular formula is C10H12F2OS. The van der Waals surface area contributed by atoms with Crippen LogP contribution in [0.4, 0.5) is 8.78 Å². The molecule has 1 N–H and O–H groups in total. The molecule has 1 nitrogen and oxygen atoms in total. The molecule has 78 valence electrons. The molecule has 1 aromatic carbocycles. The van der Waals surface area contributed by atoms with Gasteiger partial charge in [-0.05, 0) is 30.4 Å². The minimum absolute atomic E-state index is 0.138. The van der Waals surface area contributed by atoms with E-state index in [1.165, 1.54) is 17.8 Å². The lowest BCUT2D eigenvalue weighted by molar-refractivity contribution is 0.296. The summed E-state index contributed by atoms with van der Waals surface area (Å²) < 4.78 is 25.8. The van der Waals surface area contributed by atoms with Gasteiger partial charge in [0.25, 0.3) is 0 Å². The molecule has 0 saturated carbocycles. The Morgan fingerprint density at radius 1 is 1.29 bits per heavy atom. The summed E-state index contributed by atoms with van der Waals surface area (Å²) in [7, 11) is 0. The van der Waals surface area contributed by atoms with Gasteiger partial charge in [-0.25, -0.2) is 8.78 Å². The summed E-state index contributed by atoms with van der Waals surface area (Å²) in [5.74, 6) is 0.419. The van der Waals surface area contributed by atoms with Crippen molar-refractivity contribution < 1.29 is 13.9 Å². The zero-order valence-electron chi connectivity index (χ0n) is 7.67. The molecule has 0 amide bonds. The van der Waals surface area contributed by atoms with E-state index < -0.39 is 5.82 Å². The first-order valence-corrected chi connectivity index (χ1v) is 5.52. The van der Waals surface area contributed by atoms with Crippen molar-refractivity contribution in [2.75, 3.05) is 12.4 Å². The average Bonchev–Trinajstić information content (AvgIpc) is 2.18. The van der Waals surface area contributed by atoms with Crippen LogP contribution in [0.3, 0.4) is 0 Å². The molecule has 1 rings (SSSR count). The summed E-state index contributed by atoms with van der Waals surface area (Å²) in [6, 6.07) is 3.45. The lowest BCUT2D eigenvalue weighted by Gasteiger charge is -2.02. The number of hydrogen-bond acceptors (Lipinski definition) is 2. The van der Waals surface area contributed by atoms with Gasteiger partial charge in [-0.2, -0.15) is 11.8 Å². The van der Waals surface area contributed by atoms with Crippen LogP contribution < -0.4 is 0 Å². The Bertz CT molecular complexity index is 291. The van der Waals surface area contributed by atoms with Crippen molar-refractivity contribution >= 4 is 11.8 Å². The second-order valence-electron chi connectivity index (χ2n) is 2.87. The smallest absolute Gasteiger partial charge is 0.127 e. The molecule has 4 heteroatoms. The SMILES string of the molecule is OCCCSCc1cc(F)ccc1F. The predicted molar refractivity (Wildman–Crippen MR) is 54.2 cm³/mol. The van der Waals surface area contributed by atoms with Crippen LogP contribution in [0.1, 0.15) is 12.0 Å². The maximum Gasteiger partial charge on any atom is 0.127 e. The van der Waals surface area contributed by atoms with Gasteiger partial charge in [-0.3, -0.25) is 0 Å². The molecule has 14 heavy (non-hydrogen) atoms. The minimum Gasteiger partial charge on any atom is -0.396 e. The van der Waals surface area contributed by atoms with Crippen LogP contribution in [-0.4, -0.2) is 17.5 Å². The molecule has 0 bridgehead atoms. The summed E-state index contributed by atoms with van der Waals surface area (Å²) in [5.41, 5.74) is 0.382. The monoisotopic (exact) mass is 218 g/mol. The van der Waals surface area contributed by atoms with Crippen LogP contribution in [0.2, 0.25) is 0 Å².